The number of amides is 1. The summed E-state index contributed by atoms with van der Waals surface area (Å²) in [7, 11) is 0. The Balaban J connectivity index is 2.20. The molecule has 0 unspecified atom stereocenters. The number of allylic oxidation sites excluding steroid dienone is 3. The van der Waals surface area contributed by atoms with Crippen LogP contribution >= 0.6 is 11.8 Å². The quantitative estimate of drug-likeness (QED) is 0.492. The Morgan fingerprint density at radius 1 is 1.54 bits per heavy atom. The van der Waals surface area contributed by atoms with Crippen LogP contribution in [0.25, 0.3) is 0 Å². The molecular weight excluding hydrogens is 182 g/mol. The van der Waals surface area contributed by atoms with E-state index in [1.165, 1.54) is 0 Å². The molecule has 1 amide bonds. The highest BCUT2D eigenvalue weighted by Crippen LogP contribution is 2.27. The van der Waals surface area contributed by atoms with E-state index in [1.807, 2.05) is 12.2 Å². The molecule has 1 fully saturated rings. The molecule has 1 aliphatic heterocycles. The van der Waals surface area contributed by atoms with Gasteiger partial charge in [-0.2, -0.15) is 0 Å². The van der Waals surface area contributed by atoms with E-state index in [4.69, 9.17) is 0 Å². The fourth-order valence-corrected chi connectivity index (χ4v) is 2.18. The Labute approximate surface area is 83.0 Å². The maximum Gasteiger partial charge on any atom is 0.209 e. The summed E-state index contributed by atoms with van der Waals surface area (Å²) in [5, 5.41) is 0.521. The van der Waals surface area contributed by atoms with Gasteiger partial charge in [0.15, 0.2) is 0 Å². The molecule has 0 bridgehead atoms. The van der Waals surface area contributed by atoms with Crippen LogP contribution in [0.2, 0.25) is 0 Å². The van der Waals surface area contributed by atoms with Crippen molar-refractivity contribution < 1.29 is 4.79 Å². The number of carbonyl (C=O) groups excluding carboxylic acids is 1. The highest BCUT2D eigenvalue weighted by molar-refractivity contribution is 8.03. The lowest BCUT2D eigenvalue weighted by molar-refractivity contribution is -0.120. The molecule has 0 saturated carbocycles. The second-order valence-electron chi connectivity index (χ2n) is 2.86. The van der Waals surface area contributed by atoms with Crippen LogP contribution < -0.4 is 0 Å². The first-order chi connectivity index (χ1) is 6.26. The standard InChI is InChI=1S/C10H13NOS/c1-3-4-5-9(2)13-10-6-11(7-10)8-12/h3-5,8,10H,1-2,6-7H2/b5-4-. The normalized spacial score (nSPS) is 17.1. The molecule has 3 heteroatoms. The number of carbonyl (C=O) groups is 1. The summed E-state index contributed by atoms with van der Waals surface area (Å²) in [6.45, 7) is 9.15. The van der Waals surface area contributed by atoms with E-state index in [0.717, 1.165) is 24.4 Å². The molecule has 2 nitrogen and oxygen atoms in total. The average molecular weight is 195 g/mol. The minimum Gasteiger partial charge on any atom is -0.343 e. The predicted octanol–water partition coefficient (Wildman–Crippen LogP) is 1.82. The molecular formula is C10H13NOS. The van der Waals surface area contributed by atoms with E-state index in [2.05, 4.69) is 13.2 Å². The van der Waals surface area contributed by atoms with Crippen LogP contribution in [0.15, 0.2) is 36.3 Å². The highest BCUT2D eigenvalue weighted by atomic mass is 32.2. The van der Waals surface area contributed by atoms with Crippen molar-refractivity contribution in [3.8, 4) is 0 Å². The molecule has 0 spiro atoms. The number of likely N-dealkylation sites (tertiary alicyclic amines) is 1. The molecule has 1 heterocycles. The van der Waals surface area contributed by atoms with Gasteiger partial charge in [-0.3, -0.25) is 4.79 Å². The van der Waals surface area contributed by atoms with Gasteiger partial charge in [-0.05, 0) is 6.08 Å². The number of rotatable bonds is 5. The topological polar surface area (TPSA) is 20.3 Å². The van der Waals surface area contributed by atoms with E-state index >= 15 is 0 Å². The Kier molecular flexibility index (Phi) is 3.83. The van der Waals surface area contributed by atoms with Crippen molar-refractivity contribution >= 4 is 18.2 Å². The second kappa shape index (κ2) is 4.92. The molecule has 0 N–H and O–H groups in total. The summed E-state index contributed by atoms with van der Waals surface area (Å²) >= 11 is 1.72. The Morgan fingerprint density at radius 3 is 2.77 bits per heavy atom. The van der Waals surface area contributed by atoms with Gasteiger partial charge in [0.2, 0.25) is 6.41 Å². The predicted molar refractivity (Wildman–Crippen MR) is 57.5 cm³/mol. The van der Waals surface area contributed by atoms with Crippen molar-refractivity contribution in [3.05, 3.63) is 36.3 Å². The summed E-state index contributed by atoms with van der Waals surface area (Å²) in [4.78, 5) is 13.0. The van der Waals surface area contributed by atoms with E-state index in [9.17, 15) is 4.79 Å². The summed E-state index contributed by atoms with van der Waals surface area (Å²) < 4.78 is 0. The van der Waals surface area contributed by atoms with Crippen LogP contribution in [0.5, 0.6) is 0 Å². The van der Waals surface area contributed by atoms with Gasteiger partial charge in [0, 0.05) is 23.2 Å². The lowest BCUT2D eigenvalue weighted by atomic mass is 10.2. The van der Waals surface area contributed by atoms with E-state index in [0.29, 0.717) is 5.25 Å². The number of thioether (sulfide) groups is 1. The molecule has 70 valence electrons. The van der Waals surface area contributed by atoms with Gasteiger partial charge in [-0.1, -0.05) is 25.3 Å². The first-order valence-electron chi connectivity index (χ1n) is 4.10. The molecule has 1 aliphatic rings. The molecule has 0 aromatic carbocycles. The van der Waals surface area contributed by atoms with Gasteiger partial charge in [-0.15, -0.1) is 11.8 Å². The van der Waals surface area contributed by atoms with E-state index < -0.39 is 0 Å². The van der Waals surface area contributed by atoms with Gasteiger partial charge in [0.05, 0.1) is 0 Å². The van der Waals surface area contributed by atoms with Crippen LogP contribution in [0.1, 0.15) is 0 Å². The molecule has 1 rings (SSSR count). The lowest BCUT2D eigenvalue weighted by Gasteiger charge is -2.35. The van der Waals surface area contributed by atoms with E-state index in [-0.39, 0.29) is 0 Å². The Hall–Kier alpha value is -0.960. The zero-order chi connectivity index (χ0) is 9.68. The number of hydrogen-bond donors (Lipinski definition) is 0. The van der Waals surface area contributed by atoms with Gasteiger partial charge in [0.1, 0.15) is 0 Å². The van der Waals surface area contributed by atoms with Gasteiger partial charge >= 0.3 is 0 Å². The average Bonchev–Trinajstić information content (AvgIpc) is 2.07. The zero-order valence-electron chi connectivity index (χ0n) is 7.48. The van der Waals surface area contributed by atoms with Crippen molar-refractivity contribution in [2.75, 3.05) is 13.1 Å². The monoisotopic (exact) mass is 195 g/mol. The molecule has 0 aromatic heterocycles. The minimum absolute atomic E-state index is 0.521. The van der Waals surface area contributed by atoms with Gasteiger partial charge in [0.25, 0.3) is 0 Å². The van der Waals surface area contributed by atoms with Crippen LogP contribution in [0.3, 0.4) is 0 Å². The van der Waals surface area contributed by atoms with Crippen LogP contribution in [-0.2, 0) is 4.79 Å². The smallest absolute Gasteiger partial charge is 0.209 e. The SMILES string of the molecule is C=C/C=C\C(=C)SC1CN(C=O)C1. The maximum absolute atomic E-state index is 10.3. The molecule has 1 saturated heterocycles. The van der Waals surface area contributed by atoms with Crippen molar-refractivity contribution in [3.63, 3.8) is 0 Å². The first-order valence-corrected chi connectivity index (χ1v) is 4.98. The Morgan fingerprint density at radius 2 is 2.23 bits per heavy atom. The second-order valence-corrected chi connectivity index (χ2v) is 4.29. The summed E-state index contributed by atoms with van der Waals surface area (Å²) in [6.07, 6.45) is 6.41. The minimum atomic E-state index is 0.521. The third kappa shape index (κ3) is 3.11. The van der Waals surface area contributed by atoms with Crippen LogP contribution in [-0.4, -0.2) is 29.6 Å². The molecule has 0 aromatic rings. The molecule has 0 radical (unpaired) electrons. The molecule has 0 atom stereocenters. The van der Waals surface area contributed by atoms with Crippen molar-refractivity contribution in [1.82, 2.24) is 4.90 Å². The van der Waals surface area contributed by atoms with Gasteiger partial charge < -0.3 is 4.90 Å². The highest BCUT2D eigenvalue weighted by Gasteiger charge is 2.25. The summed E-state index contributed by atoms with van der Waals surface area (Å²) in [5.74, 6) is 0. The number of hydrogen-bond acceptors (Lipinski definition) is 2. The van der Waals surface area contributed by atoms with Crippen molar-refractivity contribution in [1.29, 1.82) is 0 Å². The molecule has 0 aliphatic carbocycles. The number of nitrogens with zero attached hydrogens (tertiary/aromatic N) is 1. The Bertz CT molecular complexity index is 241. The maximum atomic E-state index is 10.3. The summed E-state index contributed by atoms with van der Waals surface area (Å²) in [5.41, 5.74) is 0. The van der Waals surface area contributed by atoms with Crippen molar-refractivity contribution in [2.24, 2.45) is 0 Å². The van der Waals surface area contributed by atoms with Gasteiger partial charge in [-0.25, -0.2) is 0 Å². The molecule has 13 heavy (non-hydrogen) atoms. The summed E-state index contributed by atoms with van der Waals surface area (Å²) in [6, 6.07) is 0. The van der Waals surface area contributed by atoms with Crippen molar-refractivity contribution in [2.45, 2.75) is 5.25 Å². The fourth-order valence-electron chi connectivity index (χ4n) is 1.06. The van der Waals surface area contributed by atoms with Crippen LogP contribution in [0.4, 0.5) is 0 Å². The third-order valence-corrected chi connectivity index (χ3v) is 2.83. The first kappa shape index (κ1) is 10.1. The van der Waals surface area contributed by atoms with E-state index in [1.54, 1.807) is 22.7 Å². The largest absolute Gasteiger partial charge is 0.343 e. The lowest BCUT2D eigenvalue weighted by Crippen LogP contribution is -2.47. The zero-order valence-corrected chi connectivity index (χ0v) is 8.30. The fraction of sp³-hybridized carbons (Fsp3) is 0.300. The van der Waals surface area contributed by atoms with Crippen LogP contribution in [0, 0.1) is 0 Å². The third-order valence-electron chi connectivity index (χ3n) is 1.76.